The van der Waals surface area contributed by atoms with Crippen LogP contribution in [-0.2, 0) is 4.79 Å². The standard InChI is InChI=1S/C15H23N3O/c1-11-8-12(2)10-13(9-11)18-7-6-17(3)15(19)14(18)4-5-16/h8-10,14H,4-7,16H2,1-3H3. The largest absolute Gasteiger partial charge is 0.358 e. The van der Waals surface area contributed by atoms with Crippen LogP contribution in [0, 0.1) is 13.8 Å². The second kappa shape index (κ2) is 5.61. The molecule has 1 aromatic rings. The molecule has 1 unspecified atom stereocenters. The third-order valence-electron chi connectivity index (χ3n) is 3.69. The lowest BCUT2D eigenvalue weighted by Gasteiger charge is -2.40. The number of rotatable bonds is 3. The molecule has 104 valence electrons. The Hall–Kier alpha value is -1.55. The van der Waals surface area contributed by atoms with Crippen LogP contribution in [0.4, 0.5) is 5.69 Å². The van der Waals surface area contributed by atoms with Crippen LogP contribution in [0.2, 0.25) is 0 Å². The summed E-state index contributed by atoms with van der Waals surface area (Å²) in [4.78, 5) is 16.3. The lowest BCUT2D eigenvalue weighted by molar-refractivity contribution is -0.133. The zero-order valence-corrected chi connectivity index (χ0v) is 12.0. The first kappa shape index (κ1) is 13.9. The fourth-order valence-electron chi connectivity index (χ4n) is 2.77. The highest BCUT2D eigenvalue weighted by Crippen LogP contribution is 2.24. The summed E-state index contributed by atoms with van der Waals surface area (Å²) in [7, 11) is 1.87. The van der Waals surface area contributed by atoms with Gasteiger partial charge in [-0.05, 0) is 50.1 Å². The number of carbonyl (C=O) groups is 1. The summed E-state index contributed by atoms with van der Waals surface area (Å²) < 4.78 is 0. The maximum Gasteiger partial charge on any atom is 0.245 e. The lowest BCUT2D eigenvalue weighted by Crippen LogP contribution is -2.56. The van der Waals surface area contributed by atoms with Crippen molar-refractivity contribution in [3.8, 4) is 0 Å². The molecule has 0 spiro atoms. The van der Waals surface area contributed by atoms with Gasteiger partial charge in [-0.1, -0.05) is 6.07 Å². The summed E-state index contributed by atoms with van der Waals surface area (Å²) in [5.74, 6) is 0.177. The number of hydrogen-bond donors (Lipinski definition) is 1. The van der Waals surface area contributed by atoms with E-state index in [4.69, 9.17) is 5.73 Å². The minimum Gasteiger partial charge on any atom is -0.358 e. The van der Waals surface area contributed by atoms with E-state index in [1.54, 1.807) is 4.90 Å². The van der Waals surface area contributed by atoms with Crippen molar-refractivity contribution in [3.05, 3.63) is 29.3 Å². The number of aryl methyl sites for hydroxylation is 2. The Labute approximate surface area is 115 Å². The average Bonchev–Trinajstić information content (AvgIpc) is 2.34. The summed E-state index contributed by atoms with van der Waals surface area (Å²) in [5, 5.41) is 0. The number of carbonyl (C=O) groups excluding carboxylic acids is 1. The maximum absolute atomic E-state index is 12.3. The Kier molecular flexibility index (Phi) is 4.10. The SMILES string of the molecule is Cc1cc(C)cc(N2CCN(C)C(=O)C2CCN)c1. The fraction of sp³-hybridized carbons (Fsp3) is 0.533. The molecule has 0 saturated carbocycles. The summed E-state index contributed by atoms with van der Waals surface area (Å²) in [5.41, 5.74) is 9.27. The molecule has 0 aliphatic carbocycles. The Morgan fingerprint density at radius 3 is 2.42 bits per heavy atom. The smallest absolute Gasteiger partial charge is 0.245 e. The van der Waals surface area contributed by atoms with Gasteiger partial charge in [-0.15, -0.1) is 0 Å². The highest BCUT2D eigenvalue weighted by atomic mass is 16.2. The third kappa shape index (κ3) is 2.89. The summed E-state index contributed by atoms with van der Waals surface area (Å²) >= 11 is 0. The van der Waals surface area contributed by atoms with Gasteiger partial charge in [0.2, 0.25) is 5.91 Å². The molecule has 1 aromatic carbocycles. The molecule has 1 saturated heterocycles. The Balaban J connectivity index is 2.32. The predicted molar refractivity (Wildman–Crippen MR) is 78.4 cm³/mol. The average molecular weight is 261 g/mol. The van der Waals surface area contributed by atoms with E-state index in [9.17, 15) is 4.79 Å². The van der Waals surface area contributed by atoms with Gasteiger partial charge in [0.15, 0.2) is 0 Å². The number of piperazine rings is 1. The van der Waals surface area contributed by atoms with Gasteiger partial charge in [0.25, 0.3) is 0 Å². The van der Waals surface area contributed by atoms with Crippen molar-refractivity contribution in [3.63, 3.8) is 0 Å². The van der Waals surface area contributed by atoms with Crippen molar-refractivity contribution < 1.29 is 4.79 Å². The summed E-state index contributed by atoms with van der Waals surface area (Å²) in [6.07, 6.45) is 0.705. The highest BCUT2D eigenvalue weighted by Gasteiger charge is 2.32. The van der Waals surface area contributed by atoms with Crippen LogP contribution < -0.4 is 10.6 Å². The van der Waals surface area contributed by atoms with Crippen LogP contribution in [0.15, 0.2) is 18.2 Å². The van der Waals surface area contributed by atoms with Gasteiger partial charge >= 0.3 is 0 Å². The molecule has 1 aliphatic rings. The number of anilines is 1. The topological polar surface area (TPSA) is 49.6 Å². The van der Waals surface area contributed by atoms with Crippen molar-refractivity contribution in [1.82, 2.24) is 4.90 Å². The zero-order valence-electron chi connectivity index (χ0n) is 12.0. The van der Waals surface area contributed by atoms with Crippen molar-refractivity contribution in [2.45, 2.75) is 26.3 Å². The van der Waals surface area contributed by atoms with Gasteiger partial charge in [0.1, 0.15) is 6.04 Å². The molecule has 0 bridgehead atoms. The van der Waals surface area contributed by atoms with Crippen molar-refractivity contribution >= 4 is 11.6 Å². The summed E-state index contributed by atoms with van der Waals surface area (Å²) in [6.45, 7) is 6.35. The first-order valence-corrected chi connectivity index (χ1v) is 6.83. The number of benzene rings is 1. The Morgan fingerprint density at radius 2 is 1.84 bits per heavy atom. The molecular formula is C15H23N3O. The lowest BCUT2D eigenvalue weighted by atomic mass is 10.0. The highest BCUT2D eigenvalue weighted by molar-refractivity contribution is 5.86. The molecule has 19 heavy (non-hydrogen) atoms. The van der Waals surface area contributed by atoms with Crippen molar-refractivity contribution in [1.29, 1.82) is 0 Å². The maximum atomic E-state index is 12.3. The predicted octanol–water partition coefficient (Wildman–Crippen LogP) is 1.30. The fourth-order valence-corrected chi connectivity index (χ4v) is 2.77. The van der Waals surface area contributed by atoms with Gasteiger partial charge in [0, 0.05) is 25.8 Å². The molecule has 1 amide bonds. The second-order valence-electron chi connectivity index (χ2n) is 5.39. The molecule has 1 aliphatic heterocycles. The van der Waals surface area contributed by atoms with Crippen LogP contribution >= 0.6 is 0 Å². The first-order valence-electron chi connectivity index (χ1n) is 6.83. The van der Waals surface area contributed by atoms with Crippen molar-refractivity contribution in [2.24, 2.45) is 5.73 Å². The Bertz CT molecular complexity index is 452. The quantitative estimate of drug-likeness (QED) is 0.892. The van der Waals surface area contributed by atoms with E-state index in [2.05, 4.69) is 36.9 Å². The number of nitrogens with zero attached hydrogens (tertiary/aromatic N) is 2. The molecule has 2 N–H and O–H groups in total. The van der Waals surface area contributed by atoms with Gasteiger partial charge in [0.05, 0.1) is 0 Å². The normalized spacial score (nSPS) is 20.0. The van der Waals surface area contributed by atoms with Gasteiger partial charge in [-0.3, -0.25) is 4.79 Å². The molecule has 0 aromatic heterocycles. The zero-order chi connectivity index (χ0) is 14.0. The van der Waals surface area contributed by atoms with Gasteiger partial charge in [-0.25, -0.2) is 0 Å². The molecular weight excluding hydrogens is 238 g/mol. The van der Waals surface area contributed by atoms with Crippen LogP contribution in [0.5, 0.6) is 0 Å². The van der Waals surface area contributed by atoms with E-state index >= 15 is 0 Å². The molecule has 4 heteroatoms. The molecule has 1 atom stereocenters. The van der Waals surface area contributed by atoms with E-state index < -0.39 is 0 Å². The van der Waals surface area contributed by atoms with E-state index in [1.165, 1.54) is 11.1 Å². The first-order chi connectivity index (χ1) is 9.02. The number of hydrogen-bond acceptors (Lipinski definition) is 3. The third-order valence-corrected chi connectivity index (χ3v) is 3.69. The van der Waals surface area contributed by atoms with Crippen LogP contribution in [-0.4, -0.2) is 43.5 Å². The molecule has 1 fully saturated rings. The number of likely N-dealkylation sites (N-methyl/N-ethyl adjacent to an activating group) is 1. The van der Waals surface area contributed by atoms with E-state index in [1.807, 2.05) is 7.05 Å². The number of nitrogens with two attached hydrogens (primary N) is 1. The van der Waals surface area contributed by atoms with E-state index in [-0.39, 0.29) is 11.9 Å². The van der Waals surface area contributed by atoms with E-state index in [0.29, 0.717) is 13.0 Å². The van der Waals surface area contributed by atoms with Crippen LogP contribution in [0.25, 0.3) is 0 Å². The molecule has 0 radical (unpaired) electrons. The summed E-state index contributed by atoms with van der Waals surface area (Å²) in [6, 6.07) is 6.33. The monoisotopic (exact) mass is 261 g/mol. The molecule has 1 heterocycles. The van der Waals surface area contributed by atoms with Gasteiger partial charge in [-0.2, -0.15) is 0 Å². The van der Waals surface area contributed by atoms with Crippen LogP contribution in [0.3, 0.4) is 0 Å². The minimum absolute atomic E-state index is 0.120. The van der Waals surface area contributed by atoms with Gasteiger partial charge < -0.3 is 15.5 Å². The Morgan fingerprint density at radius 1 is 1.21 bits per heavy atom. The van der Waals surface area contributed by atoms with Crippen molar-refractivity contribution in [2.75, 3.05) is 31.6 Å². The molecule has 2 rings (SSSR count). The van der Waals surface area contributed by atoms with Crippen LogP contribution in [0.1, 0.15) is 17.5 Å². The minimum atomic E-state index is -0.120. The second-order valence-corrected chi connectivity index (χ2v) is 5.39. The molecule has 4 nitrogen and oxygen atoms in total. The number of amides is 1. The van der Waals surface area contributed by atoms with E-state index in [0.717, 1.165) is 18.8 Å².